The second-order valence-corrected chi connectivity index (χ2v) is 6.97. The maximum Gasteiger partial charge on any atom is 0.213 e. The van der Waals surface area contributed by atoms with Crippen LogP contribution in [0.5, 0.6) is 5.88 Å². The quantitative estimate of drug-likeness (QED) is 0.832. The number of pyridine rings is 1. The molecule has 2 heterocycles. The number of rotatable bonds is 4. The Morgan fingerprint density at radius 2 is 2.00 bits per heavy atom. The molecule has 1 aliphatic heterocycles. The van der Waals surface area contributed by atoms with E-state index in [2.05, 4.69) is 16.0 Å². The van der Waals surface area contributed by atoms with Gasteiger partial charge in [0.25, 0.3) is 0 Å². The molecule has 1 saturated carbocycles. The molecule has 4 rings (SSSR count). The van der Waals surface area contributed by atoms with Crippen molar-refractivity contribution in [2.24, 2.45) is 0 Å². The van der Waals surface area contributed by atoms with Crippen LogP contribution in [0.4, 0.5) is 4.39 Å². The zero-order chi connectivity index (χ0) is 16.6. The largest absolute Gasteiger partial charge is 0.481 e. The molecule has 0 amide bonds. The maximum atomic E-state index is 14.4. The van der Waals surface area contributed by atoms with Gasteiger partial charge < -0.3 is 4.74 Å². The summed E-state index contributed by atoms with van der Waals surface area (Å²) in [6, 6.07) is 9.81. The van der Waals surface area contributed by atoms with Crippen molar-refractivity contribution in [3.63, 3.8) is 0 Å². The van der Waals surface area contributed by atoms with Gasteiger partial charge in [0.2, 0.25) is 5.88 Å². The van der Waals surface area contributed by atoms with Gasteiger partial charge in [0.05, 0.1) is 13.3 Å². The van der Waals surface area contributed by atoms with Gasteiger partial charge in [-0.1, -0.05) is 30.7 Å². The fourth-order valence-corrected chi connectivity index (χ4v) is 3.97. The van der Waals surface area contributed by atoms with Crippen LogP contribution in [-0.2, 0) is 6.54 Å². The van der Waals surface area contributed by atoms with E-state index in [4.69, 9.17) is 4.74 Å². The fraction of sp³-hybridized carbons (Fsp3) is 0.450. The van der Waals surface area contributed by atoms with Crippen LogP contribution in [-0.4, -0.2) is 29.1 Å². The summed E-state index contributed by atoms with van der Waals surface area (Å²) in [6.07, 6.45) is 7.79. The van der Waals surface area contributed by atoms with Gasteiger partial charge in [-0.3, -0.25) is 4.90 Å². The SMILES string of the molecule is COc1cc(-c2ccccc2CN2CCCCC23CC3)c(F)cn1. The Kier molecular flexibility index (Phi) is 4.01. The number of hydrogen-bond acceptors (Lipinski definition) is 3. The summed E-state index contributed by atoms with van der Waals surface area (Å²) >= 11 is 0. The van der Waals surface area contributed by atoms with Crippen molar-refractivity contribution < 1.29 is 9.13 Å². The van der Waals surface area contributed by atoms with Crippen LogP contribution in [0.25, 0.3) is 11.1 Å². The summed E-state index contributed by atoms with van der Waals surface area (Å²) in [5.41, 5.74) is 3.12. The highest BCUT2D eigenvalue weighted by Crippen LogP contribution is 2.49. The van der Waals surface area contributed by atoms with Crippen molar-refractivity contribution in [2.45, 2.75) is 44.2 Å². The smallest absolute Gasteiger partial charge is 0.213 e. The standard InChI is InChI=1S/C20H23FN2O/c1-24-19-12-17(18(21)13-22-19)16-7-3-2-6-15(16)14-23-11-5-4-8-20(23)9-10-20/h2-3,6-7,12-13H,4-5,8-11,14H2,1H3. The van der Waals surface area contributed by atoms with Gasteiger partial charge in [-0.2, -0.15) is 0 Å². The fourth-order valence-electron chi connectivity index (χ4n) is 3.97. The van der Waals surface area contributed by atoms with E-state index in [9.17, 15) is 4.39 Å². The Morgan fingerprint density at radius 1 is 1.17 bits per heavy atom. The molecule has 0 radical (unpaired) electrons. The van der Waals surface area contributed by atoms with E-state index in [1.165, 1.54) is 43.9 Å². The molecule has 0 unspecified atom stereocenters. The van der Waals surface area contributed by atoms with E-state index < -0.39 is 0 Å². The highest BCUT2D eigenvalue weighted by atomic mass is 19.1. The summed E-state index contributed by atoms with van der Waals surface area (Å²) in [5, 5.41) is 0. The molecule has 0 N–H and O–H groups in total. The van der Waals surface area contributed by atoms with Crippen molar-refractivity contribution in [3.8, 4) is 17.0 Å². The third kappa shape index (κ3) is 2.80. The Morgan fingerprint density at radius 3 is 2.79 bits per heavy atom. The first-order valence-electron chi connectivity index (χ1n) is 8.75. The summed E-state index contributed by atoms with van der Waals surface area (Å²) in [5.74, 6) is 0.140. The number of benzene rings is 1. The molecule has 0 atom stereocenters. The maximum absolute atomic E-state index is 14.4. The van der Waals surface area contributed by atoms with Crippen LogP contribution in [0.3, 0.4) is 0 Å². The summed E-state index contributed by atoms with van der Waals surface area (Å²) in [7, 11) is 1.56. The van der Waals surface area contributed by atoms with Crippen molar-refractivity contribution in [2.75, 3.05) is 13.7 Å². The second kappa shape index (κ2) is 6.17. The van der Waals surface area contributed by atoms with Crippen LogP contribution in [0.15, 0.2) is 36.5 Å². The van der Waals surface area contributed by atoms with E-state index in [0.29, 0.717) is 17.0 Å². The molecule has 2 aromatic rings. The highest BCUT2D eigenvalue weighted by Gasteiger charge is 2.48. The molecule has 2 fully saturated rings. The van der Waals surface area contributed by atoms with Gasteiger partial charge in [0, 0.05) is 23.7 Å². The lowest BCUT2D eigenvalue weighted by Gasteiger charge is -2.36. The summed E-state index contributed by atoms with van der Waals surface area (Å²) in [4.78, 5) is 6.57. The van der Waals surface area contributed by atoms with Crippen LogP contribution in [0, 0.1) is 5.82 Å². The van der Waals surface area contributed by atoms with Crippen molar-refractivity contribution >= 4 is 0 Å². The van der Waals surface area contributed by atoms with E-state index in [0.717, 1.165) is 18.7 Å². The molecule has 126 valence electrons. The number of nitrogens with zero attached hydrogens (tertiary/aromatic N) is 2. The Labute approximate surface area is 142 Å². The van der Waals surface area contributed by atoms with Crippen molar-refractivity contribution in [1.29, 1.82) is 0 Å². The lowest BCUT2D eigenvalue weighted by Crippen LogP contribution is -2.40. The summed E-state index contributed by atoms with van der Waals surface area (Å²) < 4.78 is 19.6. The second-order valence-electron chi connectivity index (χ2n) is 6.97. The van der Waals surface area contributed by atoms with Gasteiger partial charge >= 0.3 is 0 Å². The van der Waals surface area contributed by atoms with E-state index in [-0.39, 0.29) is 5.82 Å². The first kappa shape index (κ1) is 15.6. The molecule has 2 aliphatic rings. The Hall–Kier alpha value is -1.94. The molecule has 1 aromatic heterocycles. The molecule has 0 bridgehead atoms. The van der Waals surface area contributed by atoms with Crippen LogP contribution in [0.2, 0.25) is 0 Å². The average molecular weight is 326 g/mol. The predicted octanol–water partition coefficient (Wildman–Crippen LogP) is 4.41. The number of aromatic nitrogens is 1. The summed E-state index contributed by atoms with van der Waals surface area (Å²) in [6.45, 7) is 2.04. The van der Waals surface area contributed by atoms with E-state index in [1.807, 2.05) is 18.2 Å². The van der Waals surface area contributed by atoms with Crippen LogP contribution >= 0.6 is 0 Å². The minimum atomic E-state index is -0.303. The minimum absolute atomic E-state index is 0.303. The lowest BCUT2D eigenvalue weighted by molar-refractivity contribution is 0.121. The number of piperidine rings is 1. The molecule has 4 heteroatoms. The molecule has 1 aromatic carbocycles. The molecular formula is C20H23FN2O. The lowest BCUT2D eigenvalue weighted by atomic mass is 9.96. The zero-order valence-corrected chi connectivity index (χ0v) is 14.1. The number of hydrogen-bond donors (Lipinski definition) is 0. The Bertz CT molecular complexity index is 742. The van der Waals surface area contributed by atoms with Crippen molar-refractivity contribution in [3.05, 3.63) is 47.9 Å². The molecule has 24 heavy (non-hydrogen) atoms. The number of halogens is 1. The van der Waals surface area contributed by atoms with Gasteiger partial charge in [0.15, 0.2) is 0 Å². The molecule has 3 nitrogen and oxygen atoms in total. The molecular weight excluding hydrogens is 303 g/mol. The van der Waals surface area contributed by atoms with Gasteiger partial charge in [0.1, 0.15) is 5.82 Å². The van der Waals surface area contributed by atoms with Gasteiger partial charge in [-0.05, 0) is 43.4 Å². The highest BCUT2D eigenvalue weighted by molar-refractivity contribution is 5.68. The molecule has 1 saturated heterocycles. The molecule has 1 spiro atoms. The first-order valence-corrected chi connectivity index (χ1v) is 8.75. The molecule has 1 aliphatic carbocycles. The topological polar surface area (TPSA) is 25.4 Å². The Balaban J connectivity index is 1.68. The van der Waals surface area contributed by atoms with Crippen LogP contribution < -0.4 is 4.74 Å². The number of likely N-dealkylation sites (tertiary alicyclic amines) is 1. The van der Waals surface area contributed by atoms with Crippen molar-refractivity contribution in [1.82, 2.24) is 9.88 Å². The van der Waals surface area contributed by atoms with E-state index >= 15 is 0 Å². The third-order valence-electron chi connectivity index (χ3n) is 5.53. The first-order chi connectivity index (χ1) is 11.7. The number of ether oxygens (including phenoxy) is 1. The third-order valence-corrected chi connectivity index (χ3v) is 5.53. The van der Waals surface area contributed by atoms with Crippen LogP contribution in [0.1, 0.15) is 37.7 Å². The minimum Gasteiger partial charge on any atom is -0.481 e. The van der Waals surface area contributed by atoms with Gasteiger partial charge in [-0.15, -0.1) is 0 Å². The predicted molar refractivity (Wildman–Crippen MR) is 92.4 cm³/mol. The van der Waals surface area contributed by atoms with E-state index in [1.54, 1.807) is 13.2 Å². The average Bonchev–Trinajstić information content (AvgIpc) is 3.38. The van der Waals surface area contributed by atoms with Gasteiger partial charge in [-0.25, -0.2) is 9.37 Å². The normalized spacial score (nSPS) is 19.4. The monoisotopic (exact) mass is 326 g/mol. The zero-order valence-electron chi connectivity index (χ0n) is 14.1. The number of methoxy groups -OCH3 is 1.